The molecule has 25 heavy (non-hydrogen) atoms. The molecule has 1 fully saturated rings. The van der Waals surface area contributed by atoms with Gasteiger partial charge in [-0.25, -0.2) is 4.79 Å². The number of benzene rings is 2. The highest BCUT2D eigenvalue weighted by molar-refractivity contribution is 6.13. The molecule has 3 amide bonds. The van der Waals surface area contributed by atoms with Crippen molar-refractivity contribution < 1.29 is 24.2 Å². The van der Waals surface area contributed by atoms with E-state index in [9.17, 15) is 19.5 Å². The van der Waals surface area contributed by atoms with Gasteiger partial charge in [0.2, 0.25) is 0 Å². The van der Waals surface area contributed by atoms with Gasteiger partial charge in [0.1, 0.15) is 18.1 Å². The molecule has 3 rings (SSSR count). The van der Waals surface area contributed by atoms with E-state index in [1.165, 1.54) is 12.1 Å². The predicted octanol–water partition coefficient (Wildman–Crippen LogP) is 0.809. The van der Waals surface area contributed by atoms with E-state index in [1.54, 1.807) is 42.5 Å². The van der Waals surface area contributed by atoms with Gasteiger partial charge in [0.15, 0.2) is 0 Å². The molecule has 7 heteroatoms. The number of rotatable bonds is 5. The van der Waals surface area contributed by atoms with Gasteiger partial charge in [-0.3, -0.25) is 10.1 Å². The van der Waals surface area contributed by atoms with Gasteiger partial charge < -0.3 is 20.0 Å². The number of carbonyl (C=O) groups excluding carboxylic acids is 3. The van der Waals surface area contributed by atoms with E-state index in [0.717, 1.165) is 5.56 Å². The molecule has 0 unspecified atom stereocenters. The Morgan fingerprint density at radius 2 is 1.84 bits per heavy atom. The van der Waals surface area contributed by atoms with Gasteiger partial charge in [-0.1, -0.05) is 30.3 Å². The second-order valence-electron chi connectivity index (χ2n) is 5.31. The molecule has 0 bridgehead atoms. The van der Waals surface area contributed by atoms with E-state index in [0.29, 0.717) is 11.3 Å². The molecule has 1 aliphatic rings. The summed E-state index contributed by atoms with van der Waals surface area (Å²) in [4.78, 5) is 33.3. The third-order valence-corrected chi connectivity index (χ3v) is 3.48. The highest BCUT2D eigenvalue weighted by Gasteiger charge is 2.22. The number of urea groups is 1. The molecule has 126 valence electrons. The Balaban J connectivity index is 1.64. The van der Waals surface area contributed by atoms with E-state index in [1.807, 2.05) is 0 Å². The number of ether oxygens (including phenoxy) is 1. The minimum atomic E-state index is -1.23. The van der Waals surface area contributed by atoms with Gasteiger partial charge in [0.25, 0.3) is 5.91 Å². The number of carboxylic acid groups (broad SMARTS) is 1. The van der Waals surface area contributed by atoms with Gasteiger partial charge in [-0.15, -0.1) is 0 Å². The van der Waals surface area contributed by atoms with Gasteiger partial charge in [-0.2, -0.15) is 0 Å². The van der Waals surface area contributed by atoms with Crippen LogP contribution < -0.4 is 20.5 Å². The highest BCUT2D eigenvalue weighted by Crippen LogP contribution is 2.17. The van der Waals surface area contributed by atoms with Crippen molar-refractivity contribution in [2.45, 2.75) is 6.61 Å². The predicted molar refractivity (Wildman–Crippen MR) is 86.2 cm³/mol. The zero-order valence-corrected chi connectivity index (χ0v) is 12.9. The number of nitrogens with one attached hydrogen (secondary N) is 2. The van der Waals surface area contributed by atoms with Gasteiger partial charge in [-0.05, 0) is 41.0 Å². The average molecular weight is 337 g/mol. The Labute approximate surface area is 142 Å². The molecular formula is C18H13N2O5-. The Morgan fingerprint density at radius 3 is 2.48 bits per heavy atom. The molecule has 0 atom stereocenters. The third-order valence-electron chi connectivity index (χ3n) is 3.48. The van der Waals surface area contributed by atoms with Crippen molar-refractivity contribution in [1.82, 2.24) is 10.6 Å². The van der Waals surface area contributed by atoms with E-state index < -0.39 is 17.9 Å². The molecule has 7 nitrogen and oxygen atoms in total. The summed E-state index contributed by atoms with van der Waals surface area (Å²) in [6.45, 7) is 0.208. The van der Waals surface area contributed by atoms with E-state index in [2.05, 4.69) is 10.6 Å². The molecule has 0 radical (unpaired) electrons. The summed E-state index contributed by atoms with van der Waals surface area (Å²) in [6.07, 6.45) is 1.55. The number of amides is 3. The minimum Gasteiger partial charge on any atom is -0.545 e. The lowest BCUT2D eigenvalue weighted by molar-refractivity contribution is -0.255. The highest BCUT2D eigenvalue weighted by atomic mass is 16.5. The smallest absolute Gasteiger partial charge is 0.326 e. The molecule has 2 aromatic rings. The van der Waals surface area contributed by atoms with Crippen molar-refractivity contribution in [1.29, 1.82) is 0 Å². The SMILES string of the molecule is O=C1NC(=O)/C(=C\c2ccc(OCc3cccc(C(=O)[O-])c3)cc2)N1. The molecule has 1 aliphatic heterocycles. The molecule has 0 spiro atoms. The topological polar surface area (TPSA) is 108 Å². The Morgan fingerprint density at radius 1 is 1.08 bits per heavy atom. The standard InChI is InChI=1S/C18H14N2O5/c21-16-15(19-18(24)20-16)9-11-4-6-14(7-5-11)25-10-12-2-1-3-13(8-12)17(22)23/h1-9H,10H2,(H,22,23)(H2,19,20,21,24)/p-1/b15-9+. The Kier molecular flexibility index (Phi) is 4.47. The normalized spacial score (nSPS) is 15.0. The fourth-order valence-corrected chi connectivity index (χ4v) is 2.26. The van der Waals surface area contributed by atoms with Crippen LogP contribution in [0.3, 0.4) is 0 Å². The maximum absolute atomic E-state index is 11.5. The van der Waals surface area contributed by atoms with Crippen LogP contribution in [0.5, 0.6) is 5.75 Å². The summed E-state index contributed by atoms with van der Waals surface area (Å²) in [5.74, 6) is -1.12. The largest absolute Gasteiger partial charge is 0.545 e. The van der Waals surface area contributed by atoms with Crippen molar-refractivity contribution in [3.05, 3.63) is 70.9 Å². The number of carboxylic acids is 1. The van der Waals surface area contributed by atoms with E-state index >= 15 is 0 Å². The Hall–Kier alpha value is -3.61. The summed E-state index contributed by atoms with van der Waals surface area (Å²) < 4.78 is 5.61. The average Bonchev–Trinajstić information content (AvgIpc) is 2.92. The van der Waals surface area contributed by atoms with Gasteiger partial charge >= 0.3 is 6.03 Å². The fraction of sp³-hybridized carbons (Fsp3) is 0.0556. The molecule has 0 saturated carbocycles. The monoisotopic (exact) mass is 337 g/mol. The summed E-state index contributed by atoms with van der Waals surface area (Å²) in [6, 6.07) is 12.7. The quantitative estimate of drug-likeness (QED) is 0.620. The number of hydrogen-bond acceptors (Lipinski definition) is 5. The lowest BCUT2D eigenvalue weighted by Crippen LogP contribution is -2.22. The third kappa shape index (κ3) is 4.03. The van der Waals surface area contributed by atoms with Crippen LogP contribution >= 0.6 is 0 Å². The first-order valence-electron chi connectivity index (χ1n) is 7.38. The molecule has 0 aromatic heterocycles. The Bertz CT molecular complexity index is 871. The van der Waals surface area contributed by atoms with Crippen LogP contribution in [0.25, 0.3) is 6.08 Å². The summed E-state index contributed by atoms with van der Waals surface area (Å²) in [5.41, 5.74) is 1.70. The van der Waals surface area contributed by atoms with Crippen molar-refractivity contribution in [2.75, 3.05) is 0 Å². The minimum absolute atomic E-state index is 0.0972. The van der Waals surface area contributed by atoms with Crippen LogP contribution in [0.2, 0.25) is 0 Å². The van der Waals surface area contributed by atoms with E-state index in [4.69, 9.17) is 4.74 Å². The summed E-state index contributed by atoms with van der Waals surface area (Å²) >= 11 is 0. The molecule has 2 aromatic carbocycles. The molecule has 0 aliphatic carbocycles. The molecule has 2 N–H and O–H groups in total. The first-order chi connectivity index (χ1) is 12.0. The van der Waals surface area contributed by atoms with Crippen molar-refractivity contribution in [3.8, 4) is 5.75 Å². The van der Waals surface area contributed by atoms with Gasteiger partial charge in [0, 0.05) is 0 Å². The summed E-state index contributed by atoms with van der Waals surface area (Å²) in [7, 11) is 0. The van der Waals surface area contributed by atoms with Crippen molar-refractivity contribution >= 4 is 24.0 Å². The number of hydrogen-bond donors (Lipinski definition) is 2. The van der Waals surface area contributed by atoms with Crippen LogP contribution in [0.15, 0.2) is 54.2 Å². The number of imide groups is 1. The van der Waals surface area contributed by atoms with Crippen LogP contribution in [-0.2, 0) is 11.4 Å². The summed E-state index contributed by atoms with van der Waals surface area (Å²) in [5, 5.41) is 15.4. The van der Waals surface area contributed by atoms with E-state index in [-0.39, 0.29) is 17.9 Å². The first-order valence-corrected chi connectivity index (χ1v) is 7.38. The first kappa shape index (κ1) is 16.3. The van der Waals surface area contributed by atoms with Crippen LogP contribution in [0.4, 0.5) is 4.79 Å². The number of carbonyl (C=O) groups is 3. The fourth-order valence-electron chi connectivity index (χ4n) is 2.26. The van der Waals surface area contributed by atoms with Crippen LogP contribution in [-0.4, -0.2) is 17.9 Å². The zero-order valence-electron chi connectivity index (χ0n) is 12.9. The lowest BCUT2D eigenvalue weighted by Gasteiger charge is -2.09. The van der Waals surface area contributed by atoms with Crippen molar-refractivity contribution in [2.24, 2.45) is 0 Å². The maximum atomic E-state index is 11.5. The van der Waals surface area contributed by atoms with Crippen molar-refractivity contribution in [3.63, 3.8) is 0 Å². The number of aromatic carboxylic acids is 1. The van der Waals surface area contributed by atoms with Crippen LogP contribution in [0.1, 0.15) is 21.5 Å². The lowest BCUT2D eigenvalue weighted by atomic mass is 10.1. The second kappa shape index (κ2) is 6.88. The molecule has 1 saturated heterocycles. The maximum Gasteiger partial charge on any atom is 0.326 e. The van der Waals surface area contributed by atoms with Crippen LogP contribution in [0, 0.1) is 0 Å². The molecule has 1 heterocycles. The second-order valence-corrected chi connectivity index (χ2v) is 5.31. The van der Waals surface area contributed by atoms with Gasteiger partial charge in [0.05, 0.1) is 5.97 Å². The molecular weight excluding hydrogens is 324 g/mol. The zero-order chi connectivity index (χ0) is 17.8.